The standard InChI is InChI=1S/C18H27NO5.C13H24O3.C12H23NO4.C11H20O3.C10H24O2Si.C8H18S2/c1-17(2,3)19-15(20)11-22-13-7-9-14(10-8-13)23-12-16(21)24-18(4,5)6;1-12(2,3)9-10(14)7-8-11(15)16-13(4,5)6;1-11(2,3)13-9(14)7-16-8-10(15)17-12(4,5)6;1-10(2,3)7-8(12)9(13)14-11(4,5)6;1-9(2,3)11-13(7,8)12-10(4,5)6;1-7(2,3)9-10-8(4,5)6/h7-10H,11-12H2,1-6H3,(H,19,20);7-9H2,1-6H3;7-8H2,1-6H3,(H,13,14);7H2,1-6H3;1-8H3;1-6H3. The molecule has 22 heteroatoms. The second-order valence-corrected chi connectivity index (χ2v) is 42.5. The summed E-state index contributed by atoms with van der Waals surface area (Å²) in [6.45, 7) is 74.0. The Balaban J connectivity index is -0.000000344. The highest BCUT2D eigenvalue weighted by molar-refractivity contribution is 8.77. The van der Waals surface area contributed by atoms with E-state index in [9.17, 15) is 38.4 Å². The molecule has 19 nitrogen and oxygen atoms in total. The van der Waals surface area contributed by atoms with E-state index in [4.69, 9.17) is 42.0 Å². The van der Waals surface area contributed by atoms with E-state index in [1.54, 1.807) is 86.6 Å². The molecule has 0 bridgehead atoms. The smallest absolute Gasteiger partial charge is 0.375 e. The zero-order valence-corrected chi connectivity index (χ0v) is 68.9. The Bertz CT molecular complexity index is 2250. The number of rotatable bonds is 19. The molecule has 1 aromatic carbocycles. The Morgan fingerprint density at radius 3 is 0.979 bits per heavy atom. The minimum atomic E-state index is -1.97. The molecule has 0 aliphatic heterocycles. The molecule has 0 spiro atoms. The van der Waals surface area contributed by atoms with Crippen molar-refractivity contribution in [2.24, 2.45) is 10.8 Å². The minimum absolute atomic E-state index is 0.00891. The Labute approximate surface area is 580 Å². The van der Waals surface area contributed by atoms with Crippen LogP contribution in [0.25, 0.3) is 0 Å². The maximum absolute atomic E-state index is 11.7. The number of carbonyl (C=O) groups is 8. The third kappa shape index (κ3) is 82.0. The fraction of sp³-hybridized carbons (Fsp3) is 0.806. The molecule has 552 valence electrons. The molecule has 0 atom stereocenters. The molecule has 0 radical (unpaired) electrons. The summed E-state index contributed by atoms with van der Waals surface area (Å²) in [4.78, 5) is 91.3. The lowest BCUT2D eigenvalue weighted by molar-refractivity contribution is -0.163. The summed E-state index contributed by atoms with van der Waals surface area (Å²) < 4.78 is 48.6. The summed E-state index contributed by atoms with van der Waals surface area (Å²) in [6, 6.07) is 6.69. The van der Waals surface area contributed by atoms with Gasteiger partial charge in [0.05, 0.1) is 17.6 Å². The van der Waals surface area contributed by atoms with Crippen molar-refractivity contribution in [1.29, 1.82) is 0 Å². The van der Waals surface area contributed by atoms with Crippen LogP contribution in [-0.4, -0.2) is 136 Å². The molecule has 94 heavy (non-hydrogen) atoms. The predicted molar refractivity (Wildman–Crippen MR) is 389 cm³/mol. The van der Waals surface area contributed by atoms with Gasteiger partial charge in [-0.05, 0) is 214 Å². The highest BCUT2D eigenvalue weighted by Crippen LogP contribution is 2.42. The normalized spacial score (nSPS) is 12.6. The first-order valence-corrected chi connectivity index (χ1v) is 37.3. The van der Waals surface area contributed by atoms with Crippen LogP contribution in [0.15, 0.2) is 24.3 Å². The van der Waals surface area contributed by atoms with Gasteiger partial charge in [0.1, 0.15) is 52.9 Å². The number of carbonyl (C=O) groups excluding carboxylic acids is 8. The molecule has 1 rings (SSSR count). The van der Waals surface area contributed by atoms with Gasteiger partial charge in [-0.2, -0.15) is 0 Å². The van der Waals surface area contributed by atoms with Gasteiger partial charge in [-0.25, -0.2) is 14.4 Å². The van der Waals surface area contributed by atoms with Crippen molar-refractivity contribution in [2.45, 2.75) is 342 Å². The van der Waals surface area contributed by atoms with Gasteiger partial charge in [0, 0.05) is 39.8 Å². The largest absolute Gasteiger partial charge is 0.484 e. The number of benzene rings is 1. The average molecular weight is 1390 g/mol. The van der Waals surface area contributed by atoms with Gasteiger partial charge in [-0.1, -0.05) is 105 Å². The molecule has 2 N–H and O–H groups in total. The molecule has 2 amide bonds. The monoisotopic (exact) mass is 1390 g/mol. The van der Waals surface area contributed by atoms with E-state index in [0.29, 0.717) is 27.4 Å². The summed E-state index contributed by atoms with van der Waals surface area (Å²) >= 11 is 0. The van der Waals surface area contributed by atoms with E-state index in [2.05, 4.69) is 107 Å². The molecule has 0 heterocycles. The summed E-state index contributed by atoms with van der Waals surface area (Å²) in [6.07, 6.45) is 1.20. The number of hydrogen-bond donors (Lipinski definition) is 2. The van der Waals surface area contributed by atoms with Crippen LogP contribution in [0.4, 0.5) is 0 Å². The second kappa shape index (κ2) is 41.2. The average Bonchev–Trinajstić information content (AvgIpc) is 0.945. The van der Waals surface area contributed by atoms with Gasteiger partial charge >= 0.3 is 32.4 Å². The minimum Gasteiger partial charge on any atom is -0.484 e. The van der Waals surface area contributed by atoms with Crippen LogP contribution in [-0.2, 0) is 70.9 Å². The van der Waals surface area contributed by atoms with Crippen LogP contribution in [0.5, 0.6) is 11.5 Å². The number of amides is 2. The topological polar surface area (TPSA) is 244 Å². The van der Waals surface area contributed by atoms with Gasteiger partial charge in [0.2, 0.25) is 11.7 Å². The van der Waals surface area contributed by atoms with Crippen molar-refractivity contribution >= 4 is 77.4 Å². The molecule has 0 aliphatic carbocycles. The summed E-state index contributed by atoms with van der Waals surface area (Å²) in [7, 11) is 1.94. The highest BCUT2D eigenvalue weighted by atomic mass is 33.1. The molecule has 0 unspecified atom stereocenters. The Morgan fingerprint density at radius 1 is 0.372 bits per heavy atom. The van der Waals surface area contributed by atoms with E-state index in [1.165, 1.54) is 0 Å². The van der Waals surface area contributed by atoms with Crippen LogP contribution in [0, 0.1) is 10.8 Å². The SMILES string of the molecule is CC(C)(C)CC(=O)C(=O)OC(C)(C)C.CC(C)(C)CC(=O)CCC(=O)OC(C)(C)C.CC(C)(C)NC(=O)COCC(=O)OC(C)(C)C.CC(C)(C)NC(=O)COc1ccc(OCC(=O)OC(C)(C)C)cc1.CC(C)(C)O[Si](C)(C)OC(C)(C)C.CC(C)(C)SSC(C)(C)C. The maximum atomic E-state index is 11.7. The summed E-state index contributed by atoms with van der Waals surface area (Å²) in [5, 5.41) is 5.54. The number of hydrogen-bond acceptors (Lipinski definition) is 19. The fourth-order valence-electron chi connectivity index (χ4n) is 6.75. The van der Waals surface area contributed by atoms with Crippen LogP contribution in [0.1, 0.15) is 275 Å². The van der Waals surface area contributed by atoms with Gasteiger partial charge in [-0.3, -0.25) is 24.0 Å². The van der Waals surface area contributed by atoms with Crippen molar-refractivity contribution in [3.63, 3.8) is 0 Å². The van der Waals surface area contributed by atoms with Crippen molar-refractivity contribution in [3.8, 4) is 11.5 Å². The molecule has 0 aromatic heterocycles. The first kappa shape index (κ1) is 98.4. The Morgan fingerprint density at radius 2 is 0.681 bits per heavy atom. The first-order valence-electron chi connectivity index (χ1n) is 32.3. The lowest BCUT2D eigenvalue weighted by Gasteiger charge is -2.36. The van der Waals surface area contributed by atoms with E-state index in [-0.39, 0.29) is 102 Å². The number of ether oxygens (including phenoxy) is 7. The van der Waals surface area contributed by atoms with E-state index < -0.39 is 54.7 Å². The van der Waals surface area contributed by atoms with Crippen molar-refractivity contribution in [2.75, 3.05) is 26.4 Å². The molecule has 0 saturated carbocycles. The number of nitrogens with one attached hydrogen (secondary N) is 2. The van der Waals surface area contributed by atoms with E-state index in [0.717, 1.165) is 0 Å². The lowest BCUT2D eigenvalue weighted by atomic mass is 9.89. The molecule has 1 aromatic rings. The van der Waals surface area contributed by atoms with Crippen LogP contribution >= 0.6 is 21.6 Å². The molecule has 0 aliphatic rings. The highest BCUT2D eigenvalue weighted by Gasteiger charge is 2.35. The van der Waals surface area contributed by atoms with Gasteiger partial charge in [0.25, 0.3) is 5.91 Å². The molecular formula is C72H136N2O17S2Si. The lowest BCUT2D eigenvalue weighted by Crippen LogP contribution is -2.46. The van der Waals surface area contributed by atoms with Crippen molar-refractivity contribution < 1.29 is 80.4 Å². The zero-order valence-electron chi connectivity index (χ0n) is 66.2. The summed E-state index contributed by atoms with van der Waals surface area (Å²) in [5.41, 5.74) is -3.12. The first-order chi connectivity index (χ1) is 41.1. The van der Waals surface area contributed by atoms with Crippen molar-refractivity contribution in [3.05, 3.63) is 24.3 Å². The Hall–Kier alpha value is -4.22. The van der Waals surface area contributed by atoms with E-state index in [1.807, 2.05) is 125 Å². The predicted octanol–water partition coefficient (Wildman–Crippen LogP) is 16.7. The second-order valence-electron chi connectivity index (χ2n) is 35.6. The fourth-order valence-corrected chi connectivity index (χ4v) is 11.7. The van der Waals surface area contributed by atoms with Crippen LogP contribution in [0.3, 0.4) is 0 Å². The summed E-state index contributed by atoms with van der Waals surface area (Å²) in [5.74, 6) is -1.62. The molecular weight excluding hydrogens is 1260 g/mol. The Kier molecular flexibility index (Phi) is 43.2. The van der Waals surface area contributed by atoms with Crippen LogP contribution in [0.2, 0.25) is 13.1 Å². The van der Waals surface area contributed by atoms with Crippen LogP contribution < -0.4 is 20.1 Å². The number of Topliss-reactive ketones (excluding diaryl/α,β-unsaturated/α-hetero) is 2. The number of esters is 4. The zero-order chi connectivity index (χ0) is 76.0. The molecule has 0 fully saturated rings. The maximum Gasteiger partial charge on any atom is 0.375 e. The van der Waals surface area contributed by atoms with Gasteiger partial charge in [-0.15, -0.1) is 0 Å². The van der Waals surface area contributed by atoms with Gasteiger partial charge < -0.3 is 52.6 Å². The quantitative estimate of drug-likeness (QED) is 0.0430. The third-order valence-electron chi connectivity index (χ3n) is 8.59. The van der Waals surface area contributed by atoms with Crippen molar-refractivity contribution in [1.82, 2.24) is 10.6 Å². The third-order valence-corrected chi connectivity index (χ3v) is 15.1. The molecule has 0 saturated heterocycles. The van der Waals surface area contributed by atoms with Gasteiger partial charge in [0.15, 0.2) is 13.2 Å². The number of ketones is 2. The van der Waals surface area contributed by atoms with E-state index >= 15 is 0 Å².